The van der Waals surface area contributed by atoms with Crippen LogP contribution in [-0.4, -0.2) is 35.2 Å². The molecular weight excluding hydrogens is 407 g/mol. The van der Waals surface area contributed by atoms with Crippen molar-refractivity contribution in [3.63, 3.8) is 0 Å². The van der Waals surface area contributed by atoms with Crippen LogP contribution in [0.3, 0.4) is 0 Å². The van der Waals surface area contributed by atoms with E-state index in [0.29, 0.717) is 12.2 Å². The normalized spacial score (nSPS) is 20.7. The van der Waals surface area contributed by atoms with Crippen molar-refractivity contribution < 1.29 is 14.4 Å². The number of halogens is 1. The van der Waals surface area contributed by atoms with Crippen molar-refractivity contribution in [3.05, 3.63) is 40.5 Å². The molecule has 1 aromatic carbocycles. The molecular formula is C17H17IN2O3. The maximum absolute atomic E-state index is 12.7. The fourth-order valence-corrected chi connectivity index (χ4v) is 3.16. The van der Waals surface area contributed by atoms with Gasteiger partial charge in [-0.2, -0.15) is 0 Å². The molecule has 23 heavy (non-hydrogen) atoms. The minimum atomic E-state index is -0.715. The van der Waals surface area contributed by atoms with Crippen molar-refractivity contribution in [2.45, 2.75) is 25.3 Å². The van der Waals surface area contributed by atoms with Crippen LogP contribution in [0.4, 0.5) is 5.69 Å². The summed E-state index contributed by atoms with van der Waals surface area (Å²) in [6.07, 6.45) is 3.37. The fourth-order valence-electron chi connectivity index (χ4n) is 2.80. The largest absolute Gasteiger partial charge is 0.326 e. The Kier molecular flexibility index (Phi) is 4.52. The Balaban J connectivity index is 1.85. The molecule has 1 saturated carbocycles. The van der Waals surface area contributed by atoms with Crippen molar-refractivity contribution >= 4 is 46.0 Å². The summed E-state index contributed by atoms with van der Waals surface area (Å²) in [4.78, 5) is 40.2. The van der Waals surface area contributed by atoms with E-state index in [1.54, 1.807) is 18.2 Å². The van der Waals surface area contributed by atoms with Gasteiger partial charge in [-0.3, -0.25) is 14.4 Å². The molecule has 1 aromatic rings. The molecule has 120 valence electrons. The summed E-state index contributed by atoms with van der Waals surface area (Å²) in [6, 6.07) is 6.48. The van der Waals surface area contributed by atoms with Crippen molar-refractivity contribution in [3.8, 4) is 0 Å². The highest BCUT2D eigenvalue weighted by molar-refractivity contribution is 14.1. The van der Waals surface area contributed by atoms with E-state index in [9.17, 15) is 14.4 Å². The summed E-state index contributed by atoms with van der Waals surface area (Å²) < 4.78 is 1.03. The molecule has 0 bridgehead atoms. The molecule has 2 aliphatic rings. The van der Waals surface area contributed by atoms with Gasteiger partial charge in [0.2, 0.25) is 11.8 Å². The molecule has 1 aliphatic heterocycles. The van der Waals surface area contributed by atoms with Crippen LogP contribution in [0, 0.1) is 9.49 Å². The van der Waals surface area contributed by atoms with Gasteiger partial charge in [0.05, 0.1) is 12.1 Å². The third-order valence-electron chi connectivity index (χ3n) is 4.12. The molecule has 0 radical (unpaired) electrons. The zero-order chi connectivity index (χ0) is 16.6. The van der Waals surface area contributed by atoms with Crippen LogP contribution < -0.4 is 4.90 Å². The van der Waals surface area contributed by atoms with E-state index in [1.165, 1.54) is 9.80 Å². The summed E-state index contributed by atoms with van der Waals surface area (Å²) in [7, 11) is 0. The van der Waals surface area contributed by atoms with Crippen LogP contribution in [0.25, 0.3) is 0 Å². The molecule has 2 fully saturated rings. The lowest BCUT2D eigenvalue weighted by molar-refractivity contribution is -0.138. The molecule has 5 nitrogen and oxygen atoms in total. The molecule has 6 heteroatoms. The highest BCUT2D eigenvalue weighted by Gasteiger charge is 2.46. The fraction of sp³-hybridized carbons (Fsp3) is 0.353. The Morgan fingerprint density at radius 1 is 1.30 bits per heavy atom. The van der Waals surface area contributed by atoms with E-state index in [1.807, 2.05) is 12.1 Å². The first-order valence-electron chi connectivity index (χ1n) is 7.56. The standard InChI is InChI=1S/C17H17IN2O3/c1-2-9-19(16(22)11-3-4-11)14-10-15(21)20(17(14)23)13-7-5-12(18)6-8-13/h2,5-8,11,14H,1,3-4,9-10H2. The van der Waals surface area contributed by atoms with E-state index < -0.39 is 6.04 Å². The minimum Gasteiger partial charge on any atom is -0.326 e. The Hall–Kier alpha value is -1.70. The molecule has 1 saturated heterocycles. The molecule has 1 unspecified atom stereocenters. The Morgan fingerprint density at radius 3 is 2.52 bits per heavy atom. The third-order valence-corrected chi connectivity index (χ3v) is 4.84. The van der Waals surface area contributed by atoms with Crippen molar-refractivity contribution in [2.24, 2.45) is 5.92 Å². The number of amides is 3. The highest BCUT2D eigenvalue weighted by Crippen LogP contribution is 2.34. The Labute approximate surface area is 148 Å². The lowest BCUT2D eigenvalue weighted by Gasteiger charge is -2.26. The summed E-state index contributed by atoms with van der Waals surface area (Å²) in [5.41, 5.74) is 0.556. The number of imide groups is 1. The summed E-state index contributed by atoms with van der Waals surface area (Å²) in [5.74, 6) is -0.628. The molecule has 1 aliphatic carbocycles. The molecule has 3 amide bonds. The van der Waals surface area contributed by atoms with Gasteiger partial charge < -0.3 is 4.90 Å². The first-order valence-corrected chi connectivity index (χ1v) is 8.64. The SMILES string of the molecule is C=CCN(C(=O)C1CC1)C1CC(=O)N(c2ccc(I)cc2)C1=O. The monoisotopic (exact) mass is 424 g/mol. The number of rotatable bonds is 5. The maximum atomic E-state index is 12.7. The molecule has 1 heterocycles. The minimum absolute atomic E-state index is 0.00482. The molecule has 0 spiro atoms. The first kappa shape index (κ1) is 16.2. The lowest BCUT2D eigenvalue weighted by Crippen LogP contribution is -2.46. The van der Waals surface area contributed by atoms with Gasteiger partial charge in [-0.05, 0) is 59.7 Å². The average Bonchev–Trinajstić information content (AvgIpc) is 3.33. The van der Waals surface area contributed by atoms with Gasteiger partial charge in [-0.1, -0.05) is 6.08 Å². The number of carbonyl (C=O) groups excluding carboxylic acids is 3. The van der Waals surface area contributed by atoms with Crippen molar-refractivity contribution in [1.29, 1.82) is 0 Å². The van der Waals surface area contributed by atoms with E-state index in [0.717, 1.165) is 16.4 Å². The zero-order valence-corrected chi connectivity index (χ0v) is 14.7. The number of hydrogen-bond donors (Lipinski definition) is 0. The number of hydrogen-bond acceptors (Lipinski definition) is 3. The van der Waals surface area contributed by atoms with Crippen LogP contribution in [0.15, 0.2) is 36.9 Å². The average molecular weight is 424 g/mol. The Bertz CT molecular complexity index is 667. The zero-order valence-electron chi connectivity index (χ0n) is 12.6. The summed E-state index contributed by atoms with van der Waals surface area (Å²) >= 11 is 2.17. The van der Waals surface area contributed by atoms with Crippen LogP contribution in [0.1, 0.15) is 19.3 Å². The highest BCUT2D eigenvalue weighted by atomic mass is 127. The van der Waals surface area contributed by atoms with Gasteiger partial charge in [0, 0.05) is 16.0 Å². The predicted octanol–water partition coefficient (Wildman–Crippen LogP) is 2.35. The van der Waals surface area contributed by atoms with Crippen LogP contribution in [0.2, 0.25) is 0 Å². The second-order valence-electron chi connectivity index (χ2n) is 5.82. The second-order valence-corrected chi connectivity index (χ2v) is 7.06. The number of anilines is 1. The maximum Gasteiger partial charge on any atom is 0.257 e. The van der Waals surface area contributed by atoms with Gasteiger partial charge >= 0.3 is 0 Å². The van der Waals surface area contributed by atoms with Crippen molar-refractivity contribution in [2.75, 3.05) is 11.4 Å². The quantitative estimate of drug-likeness (QED) is 0.414. The van der Waals surface area contributed by atoms with Gasteiger partial charge in [0.15, 0.2) is 0 Å². The predicted molar refractivity (Wildman–Crippen MR) is 94.7 cm³/mol. The topological polar surface area (TPSA) is 57.7 Å². The number of benzene rings is 1. The Morgan fingerprint density at radius 2 is 1.96 bits per heavy atom. The lowest BCUT2D eigenvalue weighted by atomic mass is 10.2. The van der Waals surface area contributed by atoms with Crippen LogP contribution >= 0.6 is 22.6 Å². The van der Waals surface area contributed by atoms with E-state index in [-0.39, 0.29) is 30.1 Å². The molecule has 3 rings (SSSR count). The summed E-state index contributed by atoms with van der Waals surface area (Å²) in [6.45, 7) is 3.95. The van der Waals surface area contributed by atoms with Crippen LogP contribution in [0.5, 0.6) is 0 Å². The van der Waals surface area contributed by atoms with Gasteiger partial charge in [0.25, 0.3) is 5.91 Å². The van der Waals surface area contributed by atoms with Gasteiger partial charge in [-0.15, -0.1) is 6.58 Å². The second kappa shape index (κ2) is 6.43. The molecule has 1 atom stereocenters. The van der Waals surface area contributed by atoms with Gasteiger partial charge in [0.1, 0.15) is 6.04 Å². The summed E-state index contributed by atoms with van der Waals surface area (Å²) in [5, 5.41) is 0. The number of nitrogens with zero attached hydrogens (tertiary/aromatic N) is 2. The van der Waals surface area contributed by atoms with Crippen molar-refractivity contribution in [1.82, 2.24) is 4.90 Å². The van der Waals surface area contributed by atoms with Gasteiger partial charge in [-0.25, -0.2) is 4.90 Å². The van der Waals surface area contributed by atoms with Crippen LogP contribution in [-0.2, 0) is 14.4 Å². The molecule has 0 N–H and O–H groups in total. The van der Waals surface area contributed by atoms with E-state index in [4.69, 9.17) is 0 Å². The first-order chi connectivity index (χ1) is 11.0. The van der Waals surface area contributed by atoms with E-state index in [2.05, 4.69) is 29.2 Å². The van der Waals surface area contributed by atoms with E-state index >= 15 is 0 Å². The third kappa shape index (κ3) is 3.17. The number of carbonyl (C=O) groups is 3. The smallest absolute Gasteiger partial charge is 0.257 e. The molecule has 0 aromatic heterocycles.